The van der Waals surface area contributed by atoms with Gasteiger partial charge in [-0.3, -0.25) is 4.31 Å². The van der Waals surface area contributed by atoms with Crippen molar-refractivity contribution in [3.05, 3.63) is 80.7 Å². The van der Waals surface area contributed by atoms with Crippen molar-refractivity contribution in [2.75, 3.05) is 7.05 Å². The van der Waals surface area contributed by atoms with Gasteiger partial charge in [0.2, 0.25) is 0 Å². The van der Waals surface area contributed by atoms with Gasteiger partial charge in [-0.2, -0.15) is 0 Å². The number of thiophene rings is 1. The molecule has 0 aliphatic heterocycles. The molecule has 1 nitrogen and oxygen atoms in total. The van der Waals surface area contributed by atoms with Gasteiger partial charge < -0.3 is 0 Å². The first kappa shape index (κ1) is 22.6. The summed E-state index contributed by atoms with van der Waals surface area (Å²) in [5, 5.41) is 0. The fraction of sp³-hybridized carbons (Fsp3) is 0.429. The Morgan fingerprint density at radius 2 is 1.71 bits per heavy atom. The minimum atomic E-state index is 0.437. The van der Waals surface area contributed by atoms with Crippen molar-refractivity contribution < 1.29 is 0 Å². The Morgan fingerprint density at radius 1 is 1.03 bits per heavy atom. The highest BCUT2D eigenvalue weighted by molar-refractivity contribution is 7.77. The van der Waals surface area contributed by atoms with E-state index in [2.05, 4.69) is 94.3 Å². The summed E-state index contributed by atoms with van der Waals surface area (Å²) in [5.41, 5.74) is 10.6. The Kier molecular flexibility index (Phi) is 6.67. The van der Waals surface area contributed by atoms with Gasteiger partial charge in [-0.1, -0.05) is 76.1 Å². The van der Waals surface area contributed by atoms with Crippen molar-refractivity contribution in [3.8, 4) is 10.4 Å². The average Bonchev–Trinajstić information content (AvgIpc) is 3.05. The van der Waals surface area contributed by atoms with Gasteiger partial charge in [0.15, 0.2) is 0 Å². The first-order valence-corrected chi connectivity index (χ1v) is 12.7. The smallest absolute Gasteiger partial charge is 0.0383 e. The van der Waals surface area contributed by atoms with Crippen LogP contribution in [0.3, 0.4) is 0 Å². The van der Waals surface area contributed by atoms with Crippen LogP contribution in [0.4, 0.5) is 0 Å². The van der Waals surface area contributed by atoms with E-state index in [0.717, 1.165) is 19.4 Å². The average molecular weight is 450 g/mol. The van der Waals surface area contributed by atoms with Crippen LogP contribution in [0.5, 0.6) is 0 Å². The molecular formula is C28H35NS2. The Labute approximate surface area is 198 Å². The topological polar surface area (TPSA) is 3.24 Å². The van der Waals surface area contributed by atoms with E-state index >= 15 is 0 Å². The summed E-state index contributed by atoms with van der Waals surface area (Å²) in [6, 6.07) is 16.0. The zero-order chi connectivity index (χ0) is 22.2. The highest BCUT2D eigenvalue weighted by Gasteiger charge is 2.30. The largest absolute Gasteiger partial charge is 0.252 e. The van der Waals surface area contributed by atoms with Crippen molar-refractivity contribution in [1.82, 2.24) is 4.31 Å². The third-order valence-electron chi connectivity index (χ3n) is 6.62. The molecule has 3 heteroatoms. The maximum Gasteiger partial charge on any atom is 0.0383 e. The van der Waals surface area contributed by atoms with Crippen molar-refractivity contribution in [1.29, 1.82) is 0 Å². The normalized spacial score (nSPS) is 15.3. The molecule has 0 N–H and O–H groups in total. The van der Waals surface area contributed by atoms with Crippen LogP contribution in [0.15, 0.2) is 42.5 Å². The second-order valence-corrected chi connectivity index (χ2v) is 11.8. The van der Waals surface area contributed by atoms with Gasteiger partial charge in [0.05, 0.1) is 0 Å². The lowest BCUT2D eigenvalue weighted by Gasteiger charge is -2.30. The SMILES string of the molecule is CCc1c(-c2ccc(Cc3ccc(CN(C)S)cc3)cc2C)sc2c1CC(C)(C)CC2. The molecule has 0 radical (unpaired) electrons. The van der Waals surface area contributed by atoms with E-state index < -0.39 is 0 Å². The predicted octanol–water partition coefficient (Wildman–Crippen LogP) is 7.67. The summed E-state index contributed by atoms with van der Waals surface area (Å²) in [4.78, 5) is 3.16. The highest BCUT2D eigenvalue weighted by atomic mass is 32.1. The summed E-state index contributed by atoms with van der Waals surface area (Å²) in [6.07, 6.45) is 5.90. The predicted molar refractivity (Wildman–Crippen MR) is 139 cm³/mol. The molecule has 164 valence electrons. The standard InChI is InChI=1S/C28H35NS2/c1-6-23-25-17-28(3,4)14-13-26(25)31-27(23)24-12-11-22(15-19(24)2)16-20-7-9-21(10-8-20)18-29(5)30/h7-12,15,30H,6,13-14,16-18H2,1-5H3. The third-order valence-corrected chi connectivity index (χ3v) is 8.12. The molecule has 0 spiro atoms. The number of nitrogens with zero attached hydrogens (tertiary/aromatic N) is 1. The van der Waals surface area contributed by atoms with Crippen LogP contribution >= 0.6 is 24.2 Å². The van der Waals surface area contributed by atoms with E-state index in [4.69, 9.17) is 0 Å². The van der Waals surface area contributed by atoms with Crippen LogP contribution in [0.25, 0.3) is 10.4 Å². The molecule has 3 aromatic rings. The number of hydrogen-bond acceptors (Lipinski definition) is 3. The van der Waals surface area contributed by atoms with E-state index in [1.807, 2.05) is 11.4 Å². The summed E-state index contributed by atoms with van der Waals surface area (Å²) in [7, 11) is 1.98. The molecule has 4 rings (SSSR count). The van der Waals surface area contributed by atoms with E-state index in [1.165, 1.54) is 52.0 Å². The fourth-order valence-electron chi connectivity index (χ4n) is 4.92. The number of aryl methyl sites for hydroxylation is 2. The van der Waals surface area contributed by atoms with Crippen LogP contribution in [-0.4, -0.2) is 11.4 Å². The van der Waals surface area contributed by atoms with Crippen LogP contribution in [0, 0.1) is 12.3 Å². The van der Waals surface area contributed by atoms with Crippen LogP contribution in [0.2, 0.25) is 0 Å². The number of thiol groups is 1. The van der Waals surface area contributed by atoms with Crippen LogP contribution < -0.4 is 0 Å². The minimum Gasteiger partial charge on any atom is -0.252 e. The van der Waals surface area contributed by atoms with Gasteiger partial charge in [-0.25, -0.2) is 0 Å². The Bertz CT molecular complexity index is 1060. The minimum absolute atomic E-state index is 0.437. The molecule has 0 unspecified atom stereocenters. The molecule has 1 aliphatic carbocycles. The molecule has 1 aliphatic rings. The molecule has 1 aromatic heterocycles. The van der Waals surface area contributed by atoms with E-state index in [9.17, 15) is 0 Å². The zero-order valence-corrected chi connectivity index (χ0v) is 21.3. The summed E-state index contributed by atoms with van der Waals surface area (Å²) >= 11 is 6.41. The van der Waals surface area contributed by atoms with Gasteiger partial charge >= 0.3 is 0 Å². The number of rotatable bonds is 6. The monoisotopic (exact) mass is 449 g/mol. The molecule has 0 saturated heterocycles. The molecule has 31 heavy (non-hydrogen) atoms. The fourth-order valence-corrected chi connectivity index (χ4v) is 6.58. The zero-order valence-electron chi connectivity index (χ0n) is 19.6. The van der Waals surface area contributed by atoms with Gasteiger partial charge in [0.1, 0.15) is 0 Å². The summed E-state index contributed by atoms with van der Waals surface area (Å²) in [6.45, 7) is 10.3. The van der Waals surface area contributed by atoms with Crippen molar-refractivity contribution in [3.63, 3.8) is 0 Å². The Balaban J connectivity index is 1.58. The molecule has 2 aromatic carbocycles. The highest BCUT2D eigenvalue weighted by Crippen LogP contribution is 2.46. The number of benzene rings is 2. The molecule has 0 fully saturated rings. The van der Waals surface area contributed by atoms with Crippen LogP contribution in [-0.2, 0) is 32.2 Å². The molecule has 1 heterocycles. The van der Waals surface area contributed by atoms with Gasteiger partial charge in [-0.05, 0) is 90.4 Å². The first-order valence-electron chi connectivity index (χ1n) is 11.5. The number of fused-ring (bicyclic) bond motifs is 1. The molecule has 0 atom stereocenters. The van der Waals surface area contributed by atoms with Crippen molar-refractivity contribution in [2.45, 2.75) is 66.3 Å². The molecule has 0 bridgehead atoms. The Morgan fingerprint density at radius 3 is 2.35 bits per heavy atom. The van der Waals surface area contributed by atoms with E-state index in [1.54, 1.807) is 16.0 Å². The molecule has 0 amide bonds. The maximum absolute atomic E-state index is 4.35. The first-order chi connectivity index (χ1) is 14.8. The van der Waals surface area contributed by atoms with Crippen LogP contribution in [0.1, 0.15) is 65.4 Å². The third kappa shape index (κ3) is 5.10. The second-order valence-electron chi connectivity index (χ2n) is 9.96. The lowest BCUT2D eigenvalue weighted by atomic mass is 9.75. The van der Waals surface area contributed by atoms with Gasteiger partial charge in [0.25, 0.3) is 0 Å². The summed E-state index contributed by atoms with van der Waals surface area (Å²) < 4.78 is 1.91. The van der Waals surface area contributed by atoms with E-state index in [0.29, 0.717) is 5.41 Å². The second kappa shape index (κ2) is 9.13. The quantitative estimate of drug-likeness (QED) is 0.378. The van der Waals surface area contributed by atoms with Crippen molar-refractivity contribution >= 4 is 24.2 Å². The van der Waals surface area contributed by atoms with Gasteiger partial charge in [-0.15, -0.1) is 11.3 Å². The summed E-state index contributed by atoms with van der Waals surface area (Å²) in [5.74, 6) is 0. The molecule has 0 saturated carbocycles. The van der Waals surface area contributed by atoms with Crippen molar-refractivity contribution in [2.24, 2.45) is 5.41 Å². The van der Waals surface area contributed by atoms with Gasteiger partial charge in [0, 0.05) is 16.3 Å². The maximum atomic E-state index is 4.35. The molecular weight excluding hydrogens is 414 g/mol. The lowest BCUT2D eigenvalue weighted by molar-refractivity contribution is 0.317. The number of hydrogen-bond donors (Lipinski definition) is 1. The Hall–Kier alpha value is -1.55. The lowest BCUT2D eigenvalue weighted by Crippen LogP contribution is -2.21. The van der Waals surface area contributed by atoms with E-state index in [-0.39, 0.29) is 0 Å².